The third kappa shape index (κ3) is 2.30. The molecule has 1 heterocycles. The lowest BCUT2D eigenvalue weighted by molar-refractivity contribution is -0.135. The van der Waals surface area contributed by atoms with E-state index in [0.717, 1.165) is 5.56 Å². The molecule has 1 fully saturated rings. The maximum absolute atomic E-state index is 11.4. The summed E-state index contributed by atoms with van der Waals surface area (Å²) in [4.78, 5) is 22.3. The highest BCUT2D eigenvalue weighted by atomic mass is 16.6. The summed E-state index contributed by atoms with van der Waals surface area (Å²) in [7, 11) is 0. The fourth-order valence-electron chi connectivity index (χ4n) is 1.75. The number of cyclic esters (lactones) is 2. The summed E-state index contributed by atoms with van der Waals surface area (Å²) in [5, 5.41) is 2.47. The minimum Gasteiger partial charge on any atom is -0.374 e. The molecule has 4 heteroatoms. The number of amides is 1. The molecule has 1 saturated heterocycles. The Morgan fingerprint density at radius 1 is 1.12 bits per heavy atom. The maximum Gasteiger partial charge on any atom is 0.415 e. The van der Waals surface area contributed by atoms with Crippen molar-refractivity contribution in [2.24, 2.45) is 0 Å². The molecule has 0 aromatic heterocycles. The first kappa shape index (κ1) is 11.6. The molecule has 4 nitrogen and oxygen atoms in total. The quantitative estimate of drug-likeness (QED) is 0.598. The molecule has 90 valence electrons. The van der Waals surface area contributed by atoms with E-state index < -0.39 is 18.1 Å². The van der Waals surface area contributed by atoms with Crippen LogP contribution in [0.2, 0.25) is 0 Å². The zero-order valence-electron chi connectivity index (χ0n) is 10.1. The lowest BCUT2D eigenvalue weighted by Gasteiger charge is -2.19. The molecule has 1 unspecified atom stereocenters. The van der Waals surface area contributed by atoms with E-state index >= 15 is 0 Å². The van der Waals surface area contributed by atoms with Crippen LogP contribution < -0.4 is 5.32 Å². The summed E-state index contributed by atoms with van der Waals surface area (Å²) in [5.41, 5.74) is 1.99. The molecule has 2 rings (SSSR count). The predicted molar refractivity (Wildman–Crippen MR) is 62.5 cm³/mol. The number of carbonyl (C=O) groups excluding carboxylic acids is 2. The van der Waals surface area contributed by atoms with Crippen molar-refractivity contribution >= 4 is 12.1 Å². The topological polar surface area (TPSA) is 55.4 Å². The van der Waals surface area contributed by atoms with Crippen molar-refractivity contribution in [2.45, 2.75) is 32.2 Å². The summed E-state index contributed by atoms with van der Waals surface area (Å²) in [6, 6.07) is 6.95. The molecule has 1 aromatic rings. The number of hydrogen-bond acceptors (Lipinski definition) is 3. The molecule has 0 aliphatic carbocycles. The molecule has 1 aromatic carbocycles. The Bertz CT molecular complexity index is 457. The van der Waals surface area contributed by atoms with Crippen LogP contribution in [0.15, 0.2) is 24.3 Å². The Balaban J connectivity index is 2.24. The fourth-order valence-corrected chi connectivity index (χ4v) is 1.75. The summed E-state index contributed by atoms with van der Waals surface area (Å²) in [5.74, 6) is -0.543. The van der Waals surface area contributed by atoms with Gasteiger partial charge in [-0.15, -0.1) is 0 Å². The Kier molecular flexibility index (Phi) is 2.65. The van der Waals surface area contributed by atoms with Crippen LogP contribution in [0.5, 0.6) is 0 Å². The smallest absolute Gasteiger partial charge is 0.374 e. The average molecular weight is 233 g/mol. The van der Waals surface area contributed by atoms with E-state index in [9.17, 15) is 9.59 Å². The number of carbonyl (C=O) groups is 2. The predicted octanol–water partition coefficient (Wildman–Crippen LogP) is 2.29. The standard InChI is InChI=1S/C13H15NO3/c1-13(2,3)9-6-4-8(5-7-9)10-11(15)17-12(16)14-10/h4-7,10H,1-3H3,(H,14,16). The van der Waals surface area contributed by atoms with Gasteiger partial charge < -0.3 is 10.1 Å². The van der Waals surface area contributed by atoms with Gasteiger partial charge in [-0.1, -0.05) is 45.0 Å². The van der Waals surface area contributed by atoms with Crippen molar-refractivity contribution in [1.82, 2.24) is 5.32 Å². The van der Waals surface area contributed by atoms with Gasteiger partial charge in [-0.2, -0.15) is 0 Å². The molecular weight excluding hydrogens is 218 g/mol. The first-order chi connectivity index (χ1) is 7.88. The SMILES string of the molecule is CC(C)(C)c1ccc(C2NC(=O)OC2=O)cc1. The molecule has 0 spiro atoms. The van der Waals surface area contributed by atoms with Gasteiger partial charge in [0.1, 0.15) is 0 Å². The molecule has 0 saturated carbocycles. The Morgan fingerprint density at radius 2 is 1.71 bits per heavy atom. The van der Waals surface area contributed by atoms with Gasteiger partial charge in [0.25, 0.3) is 0 Å². The van der Waals surface area contributed by atoms with Gasteiger partial charge >= 0.3 is 12.1 Å². The second kappa shape index (κ2) is 3.87. The molecule has 0 bridgehead atoms. The van der Waals surface area contributed by atoms with Gasteiger partial charge in [0.05, 0.1) is 0 Å². The molecule has 17 heavy (non-hydrogen) atoms. The van der Waals surface area contributed by atoms with Gasteiger partial charge in [0.2, 0.25) is 0 Å². The molecule has 1 atom stereocenters. The molecule has 1 amide bonds. The molecule has 1 aliphatic heterocycles. The van der Waals surface area contributed by atoms with Gasteiger partial charge in [0, 0.05) is 0 Å². The first-order valence-corrected chi connectivity index (χ1v) is 5.50. The molecular formula is C13H15NO3. The summed E-state index contributed by atoms with van der Waals surface area (Å²) in [6.45, 7) is 6.36. The average Bonchev–Trinajstić information content (AvgIpc) is 2.57. The molecule has 0 radical (unpaired) electrons. The summed E-state index contributed by atoms with van der Waals surface area (Å²) < 4.78 is 4.44. The third-order valence-electron chi connectivity index (χ3n) is 2.80. The van der Waals surface area contributed by atoms with E-state index in [1.165, 1.54) is 5.56 Å². The van der Waals surface area contributed by atoms with Crippen molar-refractivity contribution in [2.75, 3.05) is 0 Å². The Morgan fingerprint density at radius 3 is 2.12 bits per heavy atom. The van der Waals surface area contributed by atoms with Crippen molar-refractivity contribution in [3.05, 3.63) is 35.4 Å². The van der Waals surface area contributed by atoms with Crippen LogP contribution in [-0.2, 0) is 14.9 Å². The summed E-state index contributed by atoms with van der Waals surface area (Å²) in [6.07, 6.45) is -0.681. The minimum absolute atomic E-state index is 0.0674. The number of alkyl carbamates (subject to hydrolysis) is 1. The number of esters is 1. The van der Waals surface area contributed by atoms with Crippen molar-refractivity contribution < 1.29 is 14.3 Å². The van der Waals surface area contributed by atoms with Gasteiger partial charge in [-0.25, -0.2) is 9.59 Å². The van der Waals surface area contributed by atoms with Crippen LogP contribution in [0, 0.1) is 0 Å². The normalized spacial score (nSPS) is 20.1. The zero-order valence-corrected chi connectivity index (χ0v) is 10.1. The highest BCUT2D eigenvalue weighted by molar-refractivity contribution is 5.96. The highest BCUT2D eigenvalue weighted by Gasteiger charge is 2.33. The maximum atomic E-state index is 11.4. The zero-order chi connectivity index (χ0) is 12.6. The first-order valence-electron chi connectivity index (χ1n) is 5.50. The van der Waals surface area contributed by atoms with Crippen LogP contribution in [0.4, 0.5) is 4.79 Å². The third-order valence-corrected chi connectivity index (χ3v) is 2.80. The highest BCUT2D eigenvalue weighted by Crippen LogP contribution is 2.25. The number of ether oxygens (including phenoxy) is 1. The van der Waals surface area contributed by atoms with Crippen LogP contribution >= 0.6 is 0 Å². The Labute approximate surface area is 100.0 Å². The monoisotopic (exact) mass is 233 g/mol. The van der Waals surface area contributed by atoms with Crippen molar-refractivity contribution in [1.29, 1.82) is 0 Å². The van der Waals surface area contributed by atoms with Crippen molar-refractivity contribution in [3.63, 3.8) is 0 Å². The van der Waals surface area contributed by atoms with E-state index in [-0.39, 0.29) is 5.41 Å². The number of rotatable bonds is 1. The van der Waals surface area contributed by atoms with E-state index in [1.807, 2.05) is 24.3 Å². The Hall–Kier alpha value is -1.84. The van der Waals surface area contributed by atoms with Crippen LogP contribution in [-0.4, -0.2) is 12.1 Å². The van der Waals surface area contributed by atoms with Crippen LogP contribution in [0.25, 0.3) is 0 Å². The lowest BCUT2D eigenvalue weighted by Crippen LogP contribution is -2.20. The minimum atomic E-state index is -0.681. The molecule has 1 N–H and O–H groups in total. The van der Waals surface area contributed by atoms with Gasteiger partial charge in [0.15, 0.2) is 6.04 Å². The second-order valence-electron chi connectivity index (χ2n) is 5.16. The van der Waals surface area contributed by atoms with E-state index in [0.29, 0.717) is 0 Å². The molecule has 1 aliphatic rings. The number of benzene rings is 1. The number of hydrogen-bond donors (Lipinski definition) is 1. The van der Waals surface area contributed by atoms with Crippen LogP contribution in [0.3, 0.4) is 0 Å². The van der Waals surface area contributed by atoms with E-state index in [4.69, 9.17) is 0 Å². The lowest BCUT2D eigenvalue weighted by atomic mass is 9.86. The van der Waals surface area contributed by atoms with Crippen LogP contribution in [0.1, 0.15) is 37.9 Å². The van der Waals surface area contributed by atoms with Gasteiger partial charge in [-0.3, -0.25) is 0 Å². The van der Waals surface area contributed by atoms with Gasteiger partial charge in [-0.05, 0) is 16.5 Å². The largest absolute Gasteiger partial charge is 0.415 e. The second-order valence-corrected chi connectivity index (χ2v) is 5.16. The summed E-state index contributed by atoms with van der Waals surface area (Å²) >= 11 is 0. The van der Waals surface area contributed by atoms with E-state index in [1.54, 1.807) is 0 Å². The van der Waals surface area contributed by atoms with E-state index in [2.05, 4.69) is 30.8 Å². The number of nitrogens with one attached hydrogen (secondary N) is 1. The fraction of sp³-hybridized carbons (Fsp3) is 0.385. The van der Waals surface area contributed by atoms with Crippen molar-refractivity contribution in [3.8, 4) is 0 Å².